The van der Waals surface area contributed by atoms with Gasteiger partial charge in [0.1, 0.15) is 5.15 Å². The normalized spacial score (nSPS) is 10.3. The molecule has 0 amide bonds. The maximum atomic E-state index is 10.3. The Hall–Kier alpha value is -1.03. The monoisotopic (exact) mass is 202 g/mol. The first-order valence-corrected chi connectivity index (χ1v) is 4.45. The maximum Gasteiger partial charge on any atom is 0.305 e. The fraction of sp³-hybridized carbons (Fsp3) is 0.500. The summed E-state index contributed by atoms with van der Waals surface area (Å²) in [5.41, 5.74) is 0.951. The number of carbonyl (C=O) groups is 1. The lowest BCUT2D eigenvalue weighted by Crippen LogP contribution is -2.05. The predicted molar refractivity (Wildman–Crippen MR) is 48.9 cm³/mol. The van der Waals surface area contributed by atoms with Crippen molar-refractivity contribution in [3.05, 3.63) is 16.9 Å². The highest BCUT2D eigenvalue weighted by atomic mass is 35.5. The smallest absolute Gasteiger partial charge is 0.305 e. The van der Waals surface area contributed by atoms with Crippen LogP contribution in [-0.4, -0.2) is 20.9 Å². The lowest BCUT2D eigenvalue weighted by molar-refractivity contribution is -0.137. The van der Waals surface area contributed by atoms with Crippen LogP contribution in [0.15, 0.2) is 6.20 Å². The average Bonchev–Trinajstić information content (AvgIpc) is 2.43. The van der Waals surface area contributed by atoms with Crippen molar-refractivity contribution < 1.29 is 9.90 Å². The van der Waals surface area contributed by atoms with Crippen LogP contribution in [0.2, 0.25) is 5.15 Å². The first-order valence-electron chi connectivity index (χ1n) is 4.07. The van der Waals surface area contributed by atoms with Crippen molar-refractivity contribution in [3.63, 3.8) is 0 Å². The van der Waals surface area contributed by atoms with Gasteiger partial charge in [0, 0.05) is 5.56 Å². The standard InChI is InChI=1S/C8H11ClN2O2/c1-2-6-5-10-11(8(6)9)4-3-7(12)13/h5H,2-4H2,1H3,(H,12,13). The van der Waals surface area contributed by atoms with Gasteiger partial charge < -0.3 is 5.11 Å². The van der Waals surface area contributed by atoms with E-state index in [0.717, 1.165) is 12.0 Å². The zero-order valence-electron chi connectivity index (χ0n) is 7.33. The van der Waals surface area contributed by atoms with E-state index in [-0.39, 0.29) is 6.42 Å². The number of halogens is 1. The lowest BCUT2D eigenvalue weighted by atomic mass is 10.3. The molecule has 13 heavy (non-hydrogen) atoms. The van der Waals surface area contributed by atoms with Crippen LogP contribution in [0.25, 0.3) is 0 Å². The Morgan fingerprint density at radius 3 is 2.92 bits per heavy atom. The second-order valence-corrected chi connectivity index (χ2v) is 3.04. The minimum absolute atomic E-state index is 0.0462. The van der Waals surface area contributed by atoms with Crippen molar-refractivity contribution in [2.24, 2.45) is 0 Å². The summed E-state index contributed by atoms with van der Waals surface area (Å²) in [5.74, 6) is -0.843. The Bertz CT molecular complexity index is 309. The zero-order chi connectivity index (χ0) is 9.84. The number of aromatic nitrogens is 2. The quantitative estimate of drug-likeness (QED) is 0.807. The van der Waals surface area contributed by atoms with Crippen molar-refractivity contribution >= 4 is 17.6 Å². The van der Waals surface area contributed by atoms with Crippen LogP contribution >= 0.6 is 11.6 Å². The van der Waals surface area contributed by atoms with Gasteiger partial charge in [-0.05, 0) is 6.42 Å². The molecule has 72 valence electrons. The molecule has 0 saturated heterocycles. The van der Waals surface area contributed by atoms with Gasteiger partial charge in [-0.3, -0.25) is 9.48 Å². The summed E-state index contributed by atoms with van der Waals surface area (Å²) < 4.78 is 1.51. The molecule has 0 aliphatic rings. The van der Waals surface area contributed by atoms with Crippen molar-refractivity contribution in [2.75, 3.05) is 0 Å². The van der Waals surface area contributed by atoms with Gasteiger partial charge in [0.15, 0.2) is 0 Å². The Morgan fingerprint density at radius 1 is 1.77 bits per heavy atom. The first kappa shape index (κ1) is 10.1. The molecule has 0 aliphatic carbocycles. The summed E-state index contributed by atoms with van der Waals surface area (Å²) in [6, 6.07) is 0. The average molecular weight is 203 g/mol. The highest BCUT2D eigenvalue weighted by Crippen LogP contribution is 2.15. The second-order valence-electron chi connectivity index (χ2n) is 2.68. The number of rotatable bonds is 4. The summed E-state index contributed by atoms with van der Waals surface area (Å²) >= 11 is 5.92. The summed E-state index contributed by atoms with van der Waals surface area (Å²) in [6.45, 7) is 2.30. The summed E-state index contributed by atoms with van der Waals surface area (Å²) in [4.78, 5) is 10.3. The van der Waals surface area contributed by atoms with E-state index in [0.29, 0.717) is 11.7 Å². The molecule has 0 saturated carbocycles. The van der Waals surface area contributed by atoms with E-state index >= 15 is 0 Å². The number of carboxylic acids is 1. The number of aliphatic carboxylic acids is 1. The van der Waals surface area contributed by atoms with Crippen molar-refractivity contribution in [1.29, 1.82) is 0 Å². The number of hydrogen-bond donors (Lipinski definition) is 1. The van der Waals surface area contributed by atoms with Crippen LogP contribution in [0, 0.1) is 0 Å². The molecule has 0 unspecified atom stereocenters. The molecule has 0 bridgehead atoms. The number of hydrogen-bond acceptors (Lipinski definition) is 2. The lowest BCUT2D eigenvalue weighted by Gasteiger charge is -2.00. The van der Waals surface area contributed by atoms with E-state index in [9.17, 15) is 4.79 Å². The predicted octanol–water partition coefficient (Wildman–Crippen LogP) is 1.57. The van der Waals surface area contributed by atoms with Gasteiger partial charge in [-0.1, -0.05) is 18.5 Å². The van der Waals surface area contributed by atoms with E-state index in [1.807, 2.05) is 6.92 Å². The molecule has 1 rings (SSSR count). The molecule has 0 aliphatic heterocycles. The maximum absolute atomic E-state index is 10.3. The topological polar surface area (TPSA) is 55.1 Å². The zero-order valence-corrected chi connectivity index (χ0v) is 8.08. The van der Waals surface area contributed by atoms with Crippen LogP contribution < -0.4 is 0 Å². The molecule has 0 spiro atoms. The molecule has 0 radical (unpaired) electrons. The Morgan fingerprint density at radius 2 is 2.46 bits per heavy atom. The van der Waals surface area contributed by atoms with Crippen molar-refractivity contribution in [1.82, 2.24) is 9.78 Å². The third kappa shape index (κ3) is 2.45. The number of carboxylic acid groups (broad SMARTS) is 1. The molecule has 5 heteroatoms. The minimum Gasteiger partial charge on any atom is -0.481 e. The number of aryl methyl sites for hydroxylation is 2. The molecular formula is C8H11ClN2O2. The largest absolute Gasteiger partial charge is 0.481 e. The SMILES string of the molecule is CCc1cnn(CCC(=O)O)c1Cl. The van der Waals surface area contributed by atoms with Gasteiger partial charge in [0.05, 0.1) is 19.2 Å². The highest BCUT2D eigenvalue weighted by molar-refractivity contribution is 6.30. The van der Waals surface area contributed by atoms with E-state index in [1.54, 1.807) is 6.20 Å². The van der Waals surface area contributed by atoms with Gasteiger partial charge in [0.25, 0.3) is 0 Å². The van der Waals surface area contributed by atoms with Gasteiger partial charge in [0.2, 0.25) is 0 Å². The van der Waals surface area contributed by atoms with E-state index < -0.39 is 5.97 Å². The molecule has 1 aromatic rings. The Balaban J connectivity index is 2.67. The minimum atomic E-state index is -0.843. The van der Waals surface area contributed by atoms with Gasteiger partial charge in [-0.25, -0.2) is 0 Å². The highest BCUT2D eigenvalue weighted by Gasteiger charge is 2.07. The molecule has 1 heterocycles. The van der Waals surface area contributed by atoms with Crippen molar-refractivity contribution in [3.8, 4) is 0 Å². The molecule has 0 fully saturated rings. The molecular weight excluding hydrogens is 192 g/mol. The van der Waals surface area contributed by atoms with Crippen LogP contribution in [-0.2, 0) is 17.8 Å². The first-order chi connectivity index (χ1) is 6.15. The van der Waals surface area contributed by atoms with E-state index in [4.69, 9.17) is 16.7 Å². The second kappa shape index (κ2) is 4.28. The van der Waals surface area contributed by atoms with Crippen LogP contribution in [0.3, 0.4) is 0 Å². The molecule has 1 aromatic heterocycles. The Kier molecular flexibility index (Phi) is 3.31. The van der Waals surface area contributed by atoms with Crippen LogP contribution in [0.4, 0.5) is 0 Å². The van der Waals surface area contributed by atoms with Crippen LogP contribution in [0.5, 0.6) is 0 Å². The van der Waals surface area contributed by atoms with E-state index in [2.05, 4.69) is 5.10 Å². The number of nitrogens with zero attached hydrogens (tertiary/aromatic N) is 2. The summed E-state index contributed by atoms with van der Waals surface area (Å²) in [7, 11) is 0. The third-order valence-corrected chi connectivity index (χ3v) is 2.20. The Labute approximate surface area is 81.1 Å². The molecule has 0 aromatic carbocycles. The molecule has 1 N–H and O–H groups in total. The van der Waals surface area contributed by atoms with E-state index in [1.165, 1.54) is 4.68 Å². The molecule has 0 atom stereocenters. The molecule has 4 nitrogen and oxygen atoms in total. The van der Waals surface area contributed by atoms with Crippen molar-refractivity contribution in [2.45, 2.75) is 26.3 Å². The fourth-order valence-corrected chi connectivity index (χ4v) is 1.31. The van der Waals surface area contributed by atoms with Crippen LogP contribution in [0.1, 0.15) is 18.9 Å². The summed E-state index contributed by atoms with van der Waals surface area (Å²) in [5, 5.41) is 13.0. The van der Waals surface area contributed by atoms with Gasteiger partial charge >= 0.3 is 5.97 Å². The third-order valence-electron chi connectivity index (χ3n) is 1.76. The summed E-state index contributed by atoms with van der Waals surface area (Å²) in [6.07, 6.45) is 2.53. The fourth-order valence-electron chi connectivity index (χ4n) is 1.00. The van der Waals surface area contributed by atoms with Gasteiger partial charge in [-0.15, -0.1) is 0 Å². The van der Waals surface area contributed by atoms with Gasteiger partial charge in [-0.2, -0.15) is 5.10 Å².